The second-order valence-corrected chi connectivity index (χ2v) is 9.00. The first-order chi connectivity index (χ1) is 9.68. The predicted molar refractivity (Wildman–Crippen MR) is 86.5 cm³/mol. The third-order valence-electron chi connectivity index (χ3n) is 3.28. The third-order valence-corrected chi connectivity index (χ3v) is 6.27. The van der Waals surface area contributed by atoms with Gasteiger partial charge in [0, 0.05) is 22.3 Å². The van der Waals surface area contributed by atoms with E-state index < -0.39 is 9.05 Å². The summed E-state index contributed by atoms with van der Waals surface area (Å²) in [7, 11) is 1.36. The highest BCUT2D eigenvalue weighted by Crippen LogP contribution is 2.34. The molecule has 1 amide bonds. The molecule has 0 heterocycles. The zero-order valence-corrected chi connectivity index (χ0v) is 15.1. The van der Waals surface area contributed by atoms with E-state index in [4.69, 9.17) is 22.3 Å². The van der Waals surface area contributed by atoms with Gasteiger partial charge in [-0.05, 0) is 47.3 Å². The summed E-state index contributed by atoms with van der Waals surface area (Å²) < 4.78 is 23.2. The second-order valence-electron chi connectivity index (χ2n) is 5.26. The van der Waals surface area contributed by atoms with Gasteiger partial charge in [0.2, 0.25) is 0 Å². The quantitative estimate of drug-likeness (QED) is 0.742. The number of hydrogen-bond acceptors (Lipinski definition) is 3. The summed E-state index contributed by atoms with van der Waals surface area (Å²) in [4.78, 5) is 12.0. The Bertz CT molecular complexity index is 674. The van der Waals surface area contributed by atoms with Crippen molar-refractivity contribution in [3.8, 4) is 0 Å². The standard InChI is InChI=1S/C13H14BrCl2NO3S/c1-7(4-8-2-3-8)17-13(18)9-5-10(15)12(14)11(6-9)21(16,19)20/h5-8H,2-4H2,1H3,(H,17,18). The van der Waals surface area contributed by atoms with Gasteiger partial charge >= 0.3 is 0 Å². The van der Waals surface area contributed by atoms with Crippen molar-refractivity contribution in [2.24, 2.45) is 5.92 Å². The molecule has 1 N–H and O–H groups in total. The van der Waals surface area contributed by atoms with Gasteiger partial charge in [-0.15, -0.1) is 0 Å². The minimum absolute atomic E-state index is 0.0310. The maximum absolute atomic E-state index is 12.2. The van der Waals surface area contributed by atoms with Crippen molar-refractivity contribution in [2.45, 2.75) is 37.1 Å². The first-order valence-electron chi connectivity index (χ1n) is 6.43. The summed E-state index contributed by atoms with van der Waals surface area (Å²) in [5.74, 6) is 0.326. The van der Waals surface area contributed by atoms with Crippen molar-refractivity contribution < 1.29 is 13.2 Å². The van der Waals surface area contributed by atoms with Crippen LogP contribution < -0.4 is 5.32 Å². The summed E-state index contributed by atoms with van der Waals surface area (Å²) in [5, 5.41) is 2.96. The Kier molecular flexibility index (Phi) is 5.23. The summed E-state index contributed by atoms with van der Waals surface area (Å²) in [6, 6.07) is 2.66. The molecule has 1 fully saturated rings. The predicted octanol–water partition coefficient (Wildman–Crippen LogP) is 3.95. The molecule has 116 valence electrons. The van der Waals surface area contributed by atoms with Crippen LogP contribution in [-0.2, 0) is 9.05 Å². The molecule has 0 spiro atoms. The SMILES string of the molecule is CC(CC1CC1)NC(=O)c1cc(Cl)c(Br)c(S(=O)(=O)Cl)c1. The molecule has 2 rings (SSSR count). The molecule has 1 aliphatic rings. The topological polar surface area (TPSA) is 63.2 Å². The molecule has 1 aromatic carbocycles. The van der Waals surface area contributed by atoms with E-state index >= 15 is 0 Å². The van der Waals surface area contributed by atoms with Gasteiger partial charge in [-0.3, -0.25) is 4.79 Å². The molecule has 1 unspecified atom stereocenters. The molecule has 1 aromatic rings. The third kappa shape index (κ3) is 4.58. The molecule has 1 aliphatic carbocycles. The number of rotatable bonds is 5. The molecule has 0 aromatic heterocycles. The van der Waals surface area contributed by atoms with Crippen molar-refractivity contribution in [1.29, 1.82) is 0 Å². The Balaban J connectivity index is 2.22. The molecule has 0 bridgehead atoms. The van der Waals surface area contributed by atoms with Crippen LogP contribution in [0.1, 0.15) is 36.5 Å². The highest BCUT2D eigenvalue weighted by molar-refractivity contribution is 9.10. The molecular formula is C13H14BrCl2NO3S. The van der Waals surface area contributed by atoms with E-state index in [0.29, 0.717) is 5.92 Å². The van der Waals surface area contributed by atoms with E-state index in [1.807, 2.05) is 6.92 Å². The minimum atomic E-state index is -3.99. The van der Waals surface area contributed by atoms with Crippen LogP contribution in [0, 0.1) is 5.92 Å². The summed E-state index contributed by atoms with van der Waals surface area (Å²) in [6.07, 6.45) is 3.34. The van der Waals surface area contributed by atoms with Crippen molar-refractivity contribution in [1.82, 2.24) is 5.32 Å². The highest BCUT2D eigenvalue weighted by Gasteiger charge is 2.25. The summed E-state index contributed by atoms with van der Waals surface area (Å²) in [5.41, 5.74) is 0.171. The van der Waals surface area contributed by atoms with Crippen molar-refractivity contribution in [2.75, 3.05) is 0 Å². The highest BCUT2D eigenvalue weighted by atomic mass is 79.9. The molecule has 0 radical (unpaired) electrons. The summed E-state index contributed by atoms with van der Waals surface area (Å²) in [6.45, 7) is 1.93. The molecule has 0 aliphatic heterocycles. The van der Waals surface area contributed by atoms with Gasteiger partial charge in [0.1, 0.15) is 0 Å². The molecule has 1 saturated carbocycles. The Labute approximate surface area is 141 Å². The number of nitrogens with one attached hydrogen (secondary N) is 1. The van der Waals surface area contributed by atoms with Crippen LogP contribution in [0.2, 0.25) is 5.02 Å². The number of amides is 1. The van der Waals surface area contributed by atoms with Gasteiger partial charge < -0.3 is 5.32 Å². The lowest BCUT2D eigenvalue weighted by molar-refractivity contribution is 0.0937. The van der Waals surface area contributed by atoms with E-state index in [-0.39, 0.29) is 31.9 Å². The lowest BCUT2D eigenvalue weighted by Crippen LogP contribution is -2.33. The maximum Gasteiger partial charge on any atom is 0.262 e. The monoisotopic (exact) mass is 413 g/mol. The lowest BCUT2D eigenvalue weighted by atomic mass is 10.1. The maximum atomic E-state index is 12.2. The Morgan fingerprint density at radius 3 is 2.62 bits per heavy atom. The zero-order valence-electron chi connectivity index (χ0n) is 11.2. The van der Waals surface area contributed by atoms with Crippen LogP contribution in [-0.4, -0.2) is 20.4 Å². The van der Waals surface area contributed by atoms with E-state index in [2.05, 4.69) is 21.2 Å². The van der Waals surface area contributed by atoms with Crippen LogP contribution in [0.25, 0.3) is 0 Å². The van der Waals surface area contributed by atoms with Gasteiger partial charge in [0.25, 0.3) is 15.0 Å². The van der Waals surface area contributed by atoms with Gasteiger partial charge in [-0.2, -0.15) is 0 Å². The largest absolute Gasteiger partial charge is 0.350 e. The minimum Gasteiger partial charge on any atom is -0.350 e. The van der Waals surface area contributed by atoms with Crippen LogP contribution in [0.3, 0.4) is 0 Å². The average Bonchev–Trinajstić information content (AvgIpc) is 3.14. The number of halogens is 3. The van der Waals surface area contributed by atoms with E-state index in [1.54, 1.807) is 0 Å². The Hall–Kier alpha value is -0.300. The van der Waals surface area contributed by atoms with Crippen molar-refractivity contribution in [3.05, 3.63) is 27.2 Å². The normalized spacial score (nSPS) is 16.6. The number of hydrogen-bond donors (Lipinski definition) is 1. The fourth-order valence-corrected chi connectivity index (χ4v) is 4.47. The van der Waals surface area contributed by atoms with Gasteiger partial charge in [0.15, 0.2) is 0 Å². The second kappa shape index (κ2) is 6.44. The Morgan fingerprint density at radius 1 is 1.48 bits per heavy atom. The number of carbonyl (C=O) groups is 1. The molecule has 0 saturated heterocycles. The molecule has 8 heteroatoms. The van der Waals surface area contributed by atoms with Crippen molar-refractivity contribution >= 4 is 53.2 Å². The van der Waals surface area contributed by atoms with Gasteiger partial charge in [-0.1, -0.05) is 24.4 Å². The number of carbonyl (C=O) groups excluding carboxylic acids is 1. The zero-order chi connectivity index (χ0) is 15.8. The van der Waals surface area contributed by atoms with E-state index in [0.717, 1.165) is 6.42 Å². The van der Waals surface area contributed by atoms with Gasteiger partial charge in [0.05, 0.1) is 14.4 Å². The van der Waals surface area contributed by atoms with Crippen molar-refractivity contribution in [3.63, 3.8) is 0 Å². The Morgan fingerprint density at radius 2 is 2.10 bits per heavy atom. The fourth-order valence-electron chi connectivity index (χ4n) is 2.09. The van der Waals surface area contributed by atoms with Crippen LogP contribution in [0.5, 0.6) is 0 Å². The van der Waals surface area contributed by atoms with Crippen LogP contribution >= 0.6 is 38.2 Å². The first kappa shape index (κ1) is 17.1. The van der Waals surface area contributed by atoms with Crippen LogP contribution in [0.4, 0.5) is 0 Å². The van der Waals surface area contributed by atoms with E-state index in [9.17, 15) is 13.2 Å². The fraction of sp³-hybridized carbons (Fsp3) is 0.462. The van der Waals surface area contributed by atoms with Crippen LogP contribution in [0.15, 0.2) is 21.5 Å². The molecule has 21 heavy (non-hydrogen) atoms. The van der Waals surface area contributed by atoms with Gasteiger partial charge in [-0.25, -0.2) is 8.42 Å². The number of benzene rings is 1. The molecular weight excluding hydrogens is 401 g/mol. The molecule has 1 atom stereocenters. The summed E-state index contributed by atoms with van der Waals surface area (Å²) >= 11 is 9.01. The molecule has 4 nitrogen and oxygen atoms in total. The lowest BCUT2D eigenvalue weighted by Gasteiger charge is -2.14. The first-order valence-corrected chi connectivity index (χ1v) is 9.91. The smallest absolute Gasteiger partial charge is 0.262 e. The van der Waals surface area contributed by atoms with E-state index in [1.165, 1.54) is 25.0 Å². The average molecular weight is 415 g/mol.